The van der Waals surface area contributed by atoms with E-state index < -0.39 is 5.79 Å². The summed E-state index contributed by atoms with van der Waals surface area (Å²) in [4.78, 5) is 12.9. The van der Waals surface area contributed by atoms with Gasteiger partial charge in [0.25, 0.3) is 5.69 Å². The zero-order chi connectivity index (χ0) is 14.9. The summed E-state index contributed by atoms with van der Waals surface area (Å²) in [5.41, 5.74) is 0.768. The quantitative estimate of drug-likeness (QED) is 0.634. The first-order valence-corrected chi connectivity index (χ1v) is 7.39. The van der Waals surface area contributed by atoms with E-state index in [1.54, 1.807) is 12.1 Å². The predicted molar refractivity (Wildman–Crippen MR) is 77.3 cm³/mol. The molecule has 1 aromatic carbocycles. The van der Waals surface area contributed by atoms with Gasteiger partial charge in [-0.25, -0.2) is 0 Å². The second kappa shape index (κ2) is 5.88. The van der Waals surface area contributed by atoms with E-state index in [2.05, 4.69) is 4.90 Å². The molecular weight excluding hydrogens is 296 g/mol. The van der Waals surface area contributed by atoms with Crippen molar-refractivity contribution in [1.29, 1.82) is 0 Å². The number of nitrogens with zero attached hydrogens (tertiary/aromatic N) is 2. The van der Waals surface area contributed by atoms with Crippen molar-refractivity contribution in [3.63, 3.8) is 0 Å². The molecule has 0 radical (unpaired) electrons. The third-order valence-electron chi connectivity index (χ3n) is 4.07. The molecule has 0 amide bonds. The molecular formula is C14H17ClN2O4. The van der Waals surface area contributed by atoms with Gasteiger partial charge in [-0.2, -0.15) is 0 Å². The second-order valence-electron chi connectivity index (χ2n) is 5.41. The third-order valence-corrected chi connectivity index (χ3v) is 4.30. The van der Waals surface area contributed by atoms with Gasteiger partial charge in [0.05, 0.1) is 18.1 Å². The summed E-state index contributed by atoms with van der Waals surface area (Å²) in [5.74, 6) is -0.414. The van der Waals surface area contributed by atoms with Gasteiger partial charge in [-0.05, 0) is 12.1 Å². The molecule has 1 spiro atoms. The Labute approximate surface area is 127 Å². The zero-order valence-electron chi connectivity index (χ0n) is 11.6. The minimum absolute atomic E-state index is 0.0798. The molecule has 0 unspecified atom stereocenters. The number of ether oxygens (including phenoxy) is 2. The maximum Gasteiger partial charge on any atom is 0.275 e. The summed E-state index contributed by atoms with van der Waals surface area (Å²) in [5, 5.41) is 11.5. The Morgan fingerprint density at radius 2 is 1.95 bits per heavy atom. The Kier molecular flexibility index (Phi) is 4.12. The number of halogens is 1. The number of nitro benzene ring substituents is 1. The maximum atomic E-state index is 11.1. The number of hydrogen-bond donors (Lipinski definition) is 0. The standard InChI is InChI=1S/C14H17ClN2O4/c15-12-2-1-11(13(9-12)17(18)19)10-16-5-3-14(4-6-16)20-7-8-21-14/h1-2,9H,3-8,10H2. The first-order valence-electron chi connectivity index (χ1n) is 7.01. The smallest absolute Gasteiger partial charge is 0.275 e. The summed E-state index contributed by atoms with van der Waals surface area (Å²) in [6, 6.07) is 4.83. The molecule has 2 fully saturated rings. The van der Waals surface area contributed by atoms with E-state index in [9.17, 15) is 10.1 Å². The molecule has 0 bridgehead atoms. The van der Waals surface area contributed by atoms with Gasteiger partial charge in [0.2, 0.25) is 0 Å². The largest absolute Gasteiger partial charge is 0.347 e. The third kappa shape index (κ3) is 3.18. The minimum atomic E-state index is -0.414. The van der Waals surface area contributed by atoms with Gasteiger partial charge in [-0.3, -0.25) is 15.0 Å². The van der Waals surface area contributed by atoms with Crippen LogP contribution in [0.25, 0.3) is 0 Å². The van der Waals surface area contributed by atoms with E-state index in [0.717, 1.165) is 25.9 Å². The van der Waals surface area contributed by atoms with E-state index in [1.165, 1.54) is 6.07 Å². The fourth-order valence-electron chi connectivity index (χ4n) is 2.92. The highest BCUT2D eigenvalue weighted by Gasteiger charge is 2.39. The Morgan fingerprint density at radius 3 is 2.57 bits per heavy atom. The Hall–Kier alpha value is -1.21. The lowest BCUT2D eigenvalue weighted by molar-refractivity contribution is -0.385. The van der Waals surface area contributed by atoms with E-state index in [1.807, 2.05) is 0 Å². The van der Waals surface area contributed by atoms with Gasteiger partial charge >= 0.3 is 0 Å². The first-order chi connectivity index (χ1) is 10.1. The van der Waals surface area contributed by atoms with Crippen LogP contribution in [0, 0.1) is 10.1 Å². The summed E-state index contributed by atoms with van der Waals surface area (Å²) in [6.07, 6.45) is 1.60. The van der Waals surface area contributed by atoms with Crippen LogP contribution in [-0.4, -0.2) is 41.9 Å². The summed E-state index contributed by atoms with van der Waals surface area (Å²) in [6.45, 7) is 3.47. The average molecular weight is 313 g/mol. The fraction of sp³-hybridized carbons (Fsp3) is 0.571. The van der Waals surface area contributed by atoms with Crippen molar-refractivity contribution in [2.24, 2.45) is 0 Å². The molecule has 0 N–H and O–H groups in total. The lowest BCUT2D eigenvalue weighted by atomic mass is 10.0. The number of hydrogen-bond acceptors (Lipinski definition) is 5. The van der Waals surface area contributed by atoms with Crippen LogP contribution in [0.3, 0.4) is 0 Å². The normalized spacial score (nSPS) is 21.8. The van der Waals surface area contributed by atoms with Crippen LogP contribution in [0.4, 0.5) is 5.69 Å². The molecule has 6 nitrogen and oxygen atoms in total. The highest BCUT2D eigenvalue weighted by atomic mass is 35.5. The van der Waals surface area contributed by atoms with Gasteiger partial charge in [-0.1, -0.05) is 11.6 Å². The SMILES string of the molecule is O=[N+]([O-])c1cc(Cl)ccc1CN1CCC2(CC1)OCCO2. The average Bonchev–Trinajstić information content (AvgIpc) is 2.92. The van der Waals surface area contributed by atoms with Gasteiger partial charge in [0.1, 0.15) is 0 Å². The fourth-order valence-corrected chi connectivity index (χ4v) is 3.09. The van der Waals surface area contributed by atoms with Crippen molar-refractivity contribution < 1.29 is 14.4 Å². The van der Waals surface area contributed by atoms with Crippen molar-refractivity contribution in [3.8, 4) is 0 Å². The van der Waals surface area contributed by atoms with Crippen LogP contribution in [0.5, 0.6) is 0 Å². The molecule has 7 heteroatoms. The molecule has 3 rings (SSSR count). The number of nitro groups is 1. The topological polar surface area (TPSA) is 64.8 Å². The van der Waals surface area contributed by atoms with E-state index >= 15 is 0 Å². The first kappa shape index (κ1) is 14.7. The van der Waals surface area contributed by atoms with Crippen LogP contribution < -0.4 is 0 Å². The molecule has 1 aromatic rings. The zero-order valence-corrected chi connectivity index (χ0v) is 12.3. The number of benzene rings is 1. The lowest BCUT2D eigenvalue weighted by Crippen LogP contribution is -2.44. The molecule has 114 valence electrons. The van der Waals surface area contributed by atoms with Gasteiger partial charge in [0, 0.05) is 49.1 Å². The molecule has 0 aromatic heterocycles. The molecule has 2 aliphatic heterocycles. The summed E-state index contributed by atoms with van der Waals surface area (Å²) < 4.78 is 11.4. The van der Waals surface area contributed by atoms with Crippen molar-refractivity contribution in [1.82, 2.24) is 4.90 Å². The molecule has 21 heavy (non-hydrogen) atoms. The maximum absolute atomic E-state index is 11.1. The van der Waals surface area contributed by atoms with Crippen LogP contribution >= 0.6 is 11.6 Å². The Bertz CT molecular complexity index is 536. The predicted octanol–water partition coefficient (Wildman–Crippen LogP) is 2.59. The van der Waals surface area contributed by atoms with Gasteiger partial charge in [0.15, 0.2) is 5.79 Å². The van der Waals surface area contributed by atoms with E-state index in [0.29, 0.717) is 30.3 Å². The monoisotopic (exact) mass is 312 g/mol. The van der Waals surface area contributed by atoms with Gasteiger partial charge < -0.3 is 9.47 Å². The summed E-state index contributed by atoms with van der Waals surface area (Å²) in [7, 11) is 0. The van der Waals surface area contributed by atoms with Crippen LogP contribution in [0.15, 0.2) is 18.2 Å². The Balaban J connectivity index is 1.66. The van der Waals surface area contributed by atoms with E-state index in [-0.39, 0.29) is 10.6 Å². The highest BCUT2D eigenvalue weighted by Crippen LogP contribution is 2.32. The molecule has 2 saturated heterocycles. The molecule has 2 heterocycles. The molecule has 0 aliphatic carbocycles. The van der Waals surface area contributed by atoms with Gasteiger partial charge in [-0.15, -0.1) is 0 Å². The van der Waals surface area contributed by atoms with Crippen molar-refractivity contribution in [2.75, 3.05) is 26.3 Å². The Morgan fingerprint density at radius 1 is 1.29 bits per heavy atom. The lowest BCUT2D eigenvalue weighted by Gasteiger charge is -2.37. The van der Waals surface area contributed by atoms with Crippen LogP contribution in [0.1, 0.15) is 18.4 Å². The number of piperidine rings is 1. The molecule has 0 atom stereocenters. The highest BCUT2D eigenvalue weighted by molar-refractivity contribution is 6.30. The van der Waals surface area contributed by atoms with Crippen LogP contribution in [-0.2, 0) is 16.0 Å². The molecule has 0 saturated carbocycles. The number of likely N-dealkylation sites (tertiary alicyclic amines) is 1. The minimum Gasteiger partial charge on any atom is -0.347 e. The van der Waals surface area contributed by atoms with Crippen molar-refractivity contribution >= 4 is 17.3 Å². The van der Waals surface area contributed by atoms with Crippen molar-refractivity contribution in [2.45, 2.75) is 25.2 Å². The van der Waals surface area contributed by atoms with Crippen molar-refractivity contribution in [3.05, 3.63) is 38.9 Å². The second-order valence-corrected chi connectivity index (χ2v) is 5.85. The van der Waals surface area contributed by atoms with Crippen LogP contribution in [0.2, 0.25) is 5.02 Å². The van der Waals surface area contributed by atoms with E-state index in [4.69, 9.17) is 21.1 Å². The number of rotatable bonds is 3. The summed E-state index contributed by atoms with van der Waals surface area (Å²) >= 11 is 5.83. The molecule has 2 aliphatic rings.